The molecule has 31 heavy (non-hydrogen) atoms. The van der Waals surface area contributed by atoms with Crippen molar-refractivity contribution in [2.45, 2.75) is 161 Å². The summed E-state index contributed by atoms with van der Waals surface area (Å²) in [5.41, 5.74) is -0.588. The smallest absolute Gasteiger partial charge is 0.417 e. The summed E-state index contributed by atoms with van der Waals surface area (Å²) in [4.78, 5) is 23.3. The molecule has 0 unspecified atom stereocenters. The molecule has 184 valence electrons. The molecule has 0 saturated heterocycles. The summed E-state index contributed by atoms with van der Waals surface area (Å²) >= 11 is 0. The Kier molecular flexibility index (Phi) is 20.1. The van der Waals surface area contributed by atoms with E-state index in [0.717, 1.165) is 57.8 Å². The van der Waals surface area contributed by atoms with Gasteiger partial charge in [-0.25, -0.2) is 9.59 Å². The molecule has 0 aliphatic carbocycles. The molecule has 0 amide bonds. The lowest BCUT2D eigenvalue weighted by Crippen LogP contribution is -2.38. The van der Waals surface area contributed by atoms with Crippen molar-refractivity contribution in [1.82, 2.24) is 0 Å². The number of rotatable bonds is 22. The third-order valence-corrected chi connectivity index (χ3v) is 6.44. The van der Waals surface area contributed by atoms with Crippen LogP contribution in [0.1, 0.15) is 156 Å². The molecular weight excluding hydrogens is 388 g/mol. The maximum absolute atomic E-state index is 12.1. The first-order valence-corrected chi connectivity index (χ1v) is 13.5. The Hall–Kier alpha value is -1.06. The van der Waals surface area contributed by atoms with Crippen molar-refractivity contribution in [3.8, 4) is 0 Å². The molecule has 0 fully saturated rings. The van der Waals surface area contributed by atoms with E-state index in [-0.39, 0.29) is 0 Å². The number of carboxylic acids is 1. The molecule has 0 aliphatic heterocycles. The number of carbonyl (C=O) groups excluding carboxylic acids is 1. The second-order valence-electron chi connectivity index (χ2n) is 9.43. The van der Waals surface area contributed by atoms with E-state index in [0.29, 0.717) is 0 Å². The van der Waals surface area contributed by atoms with Crippen molar-refractivity contribution >= 4 is 11.9 Å². The van der Waals surface area contributed by atoms with Crippen LogP contribution >= 0.6 is 0 Å². The number of hydrogen-bond donors (Lipinski definition) is 1. The van der Waals surface area contributed by atoms with Crippen molar-refractivity contribution in [3.63, 3.8) is 0 Å². The summed E-state index contributed by atoms with van der Waals surface area (Å²) in [6.45, 7) is 6.66. The fraction of sp³-hybridized carbons (Fsp3) is 0.926. The van der Waals surface area contributed by atoms with Crippen molar-refractivity contribution < 1.29 is 19.4 Å². The number of aliphatic carboxylic acids is 1. The fourth-order valence-electron chi connectivity index (χ4n) is 4.45. The minimum absolute atomic E-state index is 0.588. The summed E-state index contributed by atoms with van der Waals surface area (Å²) in [5.74, 6) is -2.53. The van der Waals surface area contributed by atoms with Gasteiger partial charge in [0.1, 0.15) is 5.60 Å². The highest BCUT2D eigenvalue weighted by Crippen LogP contribution is 2.33. The van der Waals surface area contributed by atoms with Crippen LogP contribution in [0.3, 0.4) is 0 Å². The molecule has 4 heteroatoms. The van der Waals surface area contributed by atoms with Crippen LogP contribution in [-0.2, 0) is 14.3 Å². The van der Waals surface area contributed by atoms with Crippen LogP contribution < -0.4 is 0 Å². The summed E-state index contributed by atoms with van der Waals surface area (Å²) in [6.07, 6.45) is 23.8. The molecular formula is C27H52O4. The van der Waals surface area contributed by atoms with Crippen LogP contribution in [0.4, 0.5) is 0 Å². The SMILES string of the molecule is CCCCCCCCC(CCCCCCCC)(CCCCCCCC)OC(=O)C(=O)O. The highest BCUT2D eigenvalue weighted by molar-refractivity contribution is 6.28. The van der Waals surface area contributed by atoms with E-state index in [1.165, 1.54) is 77.0 Å². The van der Waals surface area contributed by atoms with Crippen molar-refractivity contribution in [3.05, 3.63) is 0 Å². The zero-order valence-electron chi connectivity index (χ0n) is 21.0. The zero-order chi connectivity index (χ0) is 23.2. The Bertz CT molecular complexity index is 392. The Balaban J connectivity index is 4.88. The predicted molar refractivity (Wildman–Crippen MR) is 130 cm³/mol. The lowest BCUT2D eigenvalue weighted by Gasteiger charge is -2.34. The highest BCUT2D eigenvalue weighted by Gasteiger charge is 2.35. The van der Waals surface area contributed by atoms with Gasteiger partial charge >= 0.3 is 11.9 Å². The van der Waals surface area contributed by atoms with E-state index in [1.54, 1.807) is 0 Å². The number of carbonyl (C=O) groups is 2. The standard InChI is InChI=1S/C27H52O4/c1-4-7-10-13-16-19-22-27(31-26(30)25(28)29,23-20-17-14-11-8-5-2)24-21-18-15-12-9-6-3/h4-24H2,1-3H3,(H,28,29). The number of esters is 1. The maximum atomic E-state index is 12.1. The van der Waals surface area contributed by atoms with Gasteiger partial charge < -0.3 is 9.84 Å². The predicted octanol–water partition coefficient (Wildman–Crippen LogP) is 8.60. The van der Waals surface area contributed by atoms with E-state index < -0.39 is 17.5 Å². The third kappa shape index (κ3) is 17.2. The summed E-state index contributed by atoms with van der Waals surface area (Å²) in [5, 5.41) is 9.18. The number of ether oxygens (including phenoxy) is 1. The first kappa shape index (κ1) is 29.9. The van der Waals surface area contributed by atoms with E-state index >= 15 is 0 Å². The summed E-state index contributed by atoms with van der Waals surface area (Å²) in [6, 6.07) is 0. The molecule has 0 aromatic carbocycles. The molecule has 4 nitrogen and oxygen atoms in total. The monoisotopic (exact) mass is 440 g/mol. The second-order valence-corrected chi connectivity index (χ2v) is 9.43. The van der Waals surface area contributed by atoms with Crippen LogP contribution in [0.15, 0.2) is 0 Å². The van der Waals surface area contributed by atoms with Crippen molar-refractivity contribution in [2.24, 2.45) is 0 Å². The van der Waals surface area contributed by atoms with Gasteiger partial charge in [-0.05, 0) is 38.5 Å². The Morgan fingerprint density at radius 2 is 0.839 bits per heavy atom. The minimum atomic E-state index is -1.46. The van der Waals surface area contributed by atoms with Crippen LogP contribution in [-0.4, -0.2) is 22.6 Å². The Morgan fingerprint density at radius 3 is 1.13 bits per heavy atom. The number of unbranched alkanes of at least 4 members (excludes halogenated alkanes) is 15. The van der Waals surface area contributed by atoms with E-state index in [2.05, 4.69) is 20.8 Å². The molecule has 0 saturated carbocycles. The maximum Gasteiger partial charge on any atom is 0.417 e. The average Bonchev–Trinajstić information content (AvgIpc) is 2.75. The van der Waals surface area contributed by atoms with Gasteiger partial charge in [0.05, 0.1) is 0 Å². The molecule has 1 N–H and O–H groups in total. The summed E-state index contributed by atoms with van der Waals surface area (Å²) in [7, 11) is 0. The second kappa shape index (κ2) is 20.8. The Labute approximate surface area is 192 Å². The van der Waals surface area contributed by atoms with Gasteiger partial charge in [0.2, 0.25) is 0 Å². The van der Waals surface area contributed by atoms with Crippen molar-refractivity contribution in [1.29, 1.82) is 0 Å². The fourth-order valence-corrected chi connectivity index (χ4v) is 4.45. The van der Waals surface area contributed by atoms with Crippen LogP contribution in [0.2, 0.25) is 0 Å². The molecule has 0 aromatic heterocycles. The third-order valence-electron chi connectivity index (χ3n) is 6.44. The zero-order valence-corrected chi connectivity index (χ0v) is 21.0. The van der Waals surface area contributed by atoms with Gasteiger partial charge in [0.25, 0.3) is 0 Å². The molecule has 0 rings (SSSR count). The molecule has 0 aromatic rings. The van der Waals surface area contributed by atoms with Gasteiger partial charge in [0.15, 0.2) is 0 Å². The summed E-state index contributed by atoms with van der Waals surface area (Å²) < 4.78 is 5.74. The molecule has 0 radical (unpaired) electrons. The Morgan fingerprint density at radius 1 is 0.548 bits per heavy atom. The van der Waals surface area contributed by atoms with Gasteiger partial charge in [0, 0.05) is 0 Å². The lowest BCUT2D eigenvalue weighted by molar-refractivity contribution is -0.177. The van der Waals surface area contributed by atoms with Gasteiger partial charge in [-0.2, -0.15) is 0 Å². The molecule has 0 heterocycles. The molecule has 0 atom stereocenters. The minimum Gasteiger partial charge on any atom is -0.473 e. The lowest BCUT2D eigenvalue weighted by atomic mass is 9.84. The normalized spacial score (nSPS) is 11.6. The first-order chi connectivity index (χ1) is 15.0. The molecule has 0 aliphatic rings. The highest BCUT2D eigenvalue weighted by atomic mass is 16.6. The van der Waals surface area contributed by atoms with E-state index in [4.69, 9.17) is 4.74 Å². The van der Waals surface area contributed by atoms with Crippen molar-refractivity contribution in [2.75, 3.05) is 0 Å². The van der Waals surface area contributed by atoms with Crippen LogP contribution in [0, 0.1) is 0 Å². The number of carboxylic acid groups (broad SMARTS) is 1. The van der Waals surface area contributed by atoms with Crippen LogP contribution in [0.5, 0.6) is 0 Å². The molecule has 0 bridgehead atoms. The molecule has 0 spiro atoms. The van der Waals surface area contributed by atoms with E-state index in [9.17, 15) is 14.7 Å². The quantitative estimate of drug-likeness (QED) is 0.104. The topological polar surface area (TPSA) is 63.6 Å². The average molecular weight is 441 g/mol. The van der Waals surface area contributed by atoms with E-state index in [1.807, 2.05) is 0 Å². The van der Waals surface area contributed by atoms with Gasteiger partial charge in [-0.1, -0.05) is 117 Å². The van der Waals surface area contributed by atoms with Gasteiger partial charge in [-0.15, -0.1) is 0 Å². The van der Waals surface area contributed by atoms with Crippen LogP contribution in [0.25, 0.3) is 0 Å². The largest absolute Gasteiger partial charge is 0.473 e. The number of hydrogen-bond acceptors (Lipinski definition) is 3. The van der Waals surface area contributed by atoms with Gasteiger partial charge in [-0.3, -0.25) is 0 Å². The first-order valence-electron chi connectivity index (χ1n) is 13.5.